The number of hydrogen-bond donors (Lipinski definition) is 1. The minimum absolute atomic E-state index is 0.195. The molecule has 0 saturated heterocycles. The van der Waals surface area contributed by atoms with Crippen LogP contribution in [0.15, 0.2) is 0 Å². The van der Waals surface area contributed by atoms with Crippen molar-refractivity contribution in [2.45, 2.75) is 39.7 Å². The molecule has 0 amide bonds. The smallest absolute Gasteiger partial charge is 0.323 e. The lowest BCUT2D eigenvalue weighted by molar-refractivity contribution is -0.146. The lowest BCUT2D eigenvalue weighted by Gasteiger charge is -2.16. The number of rotatable bonds is 12. The van der Waals surface area contributed by atoms with Crippen LogP contribution >= 0.6 is 0 Å². The standard InChI is InChI=1S/C13H27NO4/c1-4-8-14-12(13(15)18-6-3)7-9-17-11-10-16-5-2/h12,14H,4-11H2,1-3H3. The summed E-state index contributed by atoms with van der Waals surface area (Å²) >= 11 is 0. The van der Waals surface area contributed by atoms with Gasteiger partial charge in [-0.15, -0.1) is 0 Å². The highest BCUT2D eigenvalue weighted by molar-refractivity contribution is 5.75. The van der Waals surface area contributed by atoms with E-state index >= 15 is 0 Å². The van der Waals surface area contributed by atoms with Crippen molar-refractivity contribution in [3.05, 3.63) is 0 Å². The summed E-state index contributed by atoms with van der Waals surface area (Å²) in [7, 11) is 0. The predicted molar refractivity (Wildman–Crippen MR) is 70.6 cm³/mol. The Balaban J connectivity index is 3.75. The first-order valence-corrected chi connectivity index (χ1v) is 6.81. The van der Waals surface area contributed by atoms with Crippen LogP contribution in [0.4, 0.5) is 0 Å². The van der Waals surface area contributed by atoms with Crippen LogP contribution in [0, 0.1) is 0 Å². The molecular weight excluding hydrogens is 234 g/mol. The summed E-state index contributed by atoms with van der Waals surface area (Å²) in [5.74, 6) is -0.195. The van der Waals surface area contributed by atoms with Crippen LogP contribution in [0.5, 0.6) is 0 Å². The molecule has 1 unspecified atom stereocenters. The molecule has 1 atom stereocenters. The summed E-state index contributed by atoms with van der Waals surface area (Å²) in [6.45, 7) is 9.45. The van der Waals surface area contributed by atoms with Gasteiger partial charge in [-0.2, -0.15) is 0 Å². The van der Waals surface area contributed by atoms with E-state index < -0.39 is 0 Å². The average molecular weight is 261 g/mol. The third kappa shape index (κ3) is 9.39. The van der Waals surface area contributed by atoms with Gasteiger partial charge >= 0.3 is 5.97 Å². The van der Waals surface area contributed by atoms with Crippen LogP contribution in [-0.4, -0.2) is 51.6 Å². The maximum atomic E-state index is 11.7. The van der Waals surface area contributed by atoms with Crippen molar-refractivity contribution < 1.29 is 19.0 Å². The largest absolute Gasteiger partial charge is 0.465 e. The van der Waals surface area contributed by atoms with Gasteiger partial charge in [0, 0.05) is 13.2 Å². The number of esters is 1. The van der Waals surface area contributed by atoms with E-state index in [2.05, 4.69) is 12.2 Å². The van der Waals surface area contributed by atoms with Gasteiger partial charge in [-0.05, 0) is 33.2 Å². The molecule has 0 heterocycles. The van der Waals surface area contributed by atoms with E-state index in [4.69, 9.17) is 14.2 Å². The molecule has 108 valence electrons. The molecule has 0 aliphatic rings. The van der Waals surface area contributed by atoms with Gasteiger partial charge in [0.2, 0.25) is 0 Å². The molecule has 0 aromatic carbocycles. The first-order chi connectivity index (χ1) is 8.76. The molecule has 0 fully saturated rings. The van der Waals surface area contributed by atoms with Crippen molar-refractivity contribution in [1.29, 1.82) is 0 Å². The van der Waals surface area contributed by atoms with Crippen LogP contribution < -0.4 is 5.32 Å². The third-order valence-corrected chi connectivity index (χ3v) is 2.34. The summed E-state index contributed by atoms with van der Waals surface area (Å²) in [4.78, 5) is 11.7. The second-order valence-electron chi connectivity index (χ2n) is 3.86. The normalized spacial score (nSPS) is 12.4. The second kappa shape index (κ2) is 12.8. The fraction of sp³-hybridized carbons (Fsp3) is 0.923. The Morgan fingerprint density at radius 3 is 2.39 bits per heavy atom. The zero-order valence-corrected chi connectivity index (χ0v) is 11.9. The van der Waals surface area contributed by atoms with E-state index in [1.165, 1.54) is 0 Å². The van der Waals surface area contributed by atoms with Crippen molar-refractivity contribution in [2.24, 2.45) is 0 Å². The molecule has 0 radical (unpaired) electrons. The van der Waals surface area contributed by atoms with Gasteiger partial charge in [0.15, 0.2) is 0 Å². The van der Waals surface area contributed by atoms with E-state index in [1.807, 2.05) is 13.8 Å². The zero-order chi connectivity index (χ0) is 13.6. The van der Waals surface area contributed by atoms with Crippen molar-refractivity contribution in [1.82, 2.24) is 5.32 Å². The Morgan fingerprint density at radius 1 is 1.06 bits per heavy atom. The van der Waals surface area contributed by atoms with E-state index in [0.29, 0.717) is 39.5 Å². The number of nitrogens with one attached hydrogen (secondary N) is 1. The van der Waals surface area contributed by atoms with E-state index in [9.17, 15) is 4.79 Å². The number of ether oxygens (including phenoxy) is 3. The molecule has 0 aliphatic carbocycles. The lowest BCUT2D eigenvalue weighted by atomic mass is 10.2. The quantitative estimate of drug-likeness (QED) is 0.424. The minimum atomic E-state index is -0.267. The minimum Gasteiger partial charge on any atom is -0.465 e. The Hall–Kier alpha value is -0.650. The highest BCUT2D eigenvalue weighted by atomic mass is 16.5. The third-order valence-electron chi connectivity index (χ3n) is 2.34. The topological polar surface area (TPSA) is 56.8 Å². The number of hydrogen-bond acceptors (Lipinski definition) is 5. The Bertz CT molecular complexity index is 199. The van der Waals surface area contributed by atoms with Crippen molar-refractivity contribution in [2.75, 3.05) is 39.6 Å². The van der Waals surface area contributed by atoms with Gasteiger partial charge in [-0.1, -0.05) is 6.92 Å². The fourth-order valence-corrected chi connectivity index (χ4v) is 1.43. The van der Waals surface area contributed by atoms with E-state index in [0.717, 1.165) is 13.0 Å². The summed E-state index contributed by atoms with van der Waals surface area (Å²) in [5.41, 5.74) is 0. The molecule has 5 nitrogen and oxygen atoms in total. The van der Waals surface area contributed by atoms with Gasteiger partial charge in [0.1, 0.15) is 6.04 Å². The first-order valence-electron chi connectivity index (χ1n) is 6.81. The number of carbonyl (C=O) groups excluding carboxylic acids is 1. The second-order valence-corrected chi connectivity index (χ2v) is 3.86. The Labute approximate surface area is 110 Å². The van der Waals surface area contributed by atoms with Crippen LogP contribution in [-0.2, 0) is 19.0 Å². The van der Waals surface area contributed by atoms with Gasteiger partial charge in [-0.25, -0.2) is 0 Å². The molecular formula is C13H27NO4. The summed E-state index contributed by atoms with van der Waals surface area (Å²) in [5, 5.41) is 3.17. The zero-order valence-electron chi connectivity index (χ0n) is 11.9. The van der Waals surface area contributed by atoms with Crippen molar-refractivity contribution in [3.8, 4) is 0 Å². The molecule has 0 spiro atoms. The van der Waals surface area contributed by atoms with Crippen LogP contribution in [0.25, 0.3) is 0 Å². The molecule has 0 saturated carbocycles. The predicted octanol–water partition coefficient (Wildman–Crippen LogP) is 1.36. The summed E-state index contributed by atoms with van der Waals surface area (Å²) in [6, 6.07) is -0.267. The molecule has 0 aromatic rings. The highest BCUT2D eigenvalue weighted by Crippen LogP contribution is 1.97. The fourth-order valence-electron chi connectivity index (χ4n) is 1.43. The molecule has 1 N–H and O–H groups in total. The SMILES string of the molecule is CCCNC(CCOCCOCC)C(=O)OCC. The van der Waals surface area contributed by atoms with Crippen LogP contribution in [0.1, 0.15) is 33.6 Å². The van der Waals surface area contributed by atoms with Gasteiger partial charge in [-0.3, -0.25) is 4.79 Å². The molecule has 5 heteroatoms. The maximum Gasteiger partial charge on any atom is 0.323 e. The highest BCUT2D eigenvalue weighted by Gasteiger charge is 2.18. The van der Waals surface area contributed by atoms with Gasteiger partial charge in [0.25, 0.3) is 0 Å². The Morgan fingerprint density at radius 2 is 1.78 bits per heavy atom. The van der Waals surface area contributed by atoms with Crippen molar-refractivity contribution in [3.63, 3.8) is 0 Å². The van der Waals surface area contributed by atoms with E-state index in [-0.39, 0.29) is 12.0 Å². The molecule has 0 bridgehead atoms. The Kier molecular flexibility index (Phi) is 12.3. The van der Waals surface area contributed by atoms with E-state index in [1.54, 1.807) is 0 Å². The summed E-state index contributed by atoms with van der Waals surface area (Å²) < 4.78 is 15.6. The molecule has 0 aliphatic heterocycles. The number of carbonyl (C=O) groups is 1. The molecule has 0 aromatic heterocycles. The monoisotopic (exact) mass is 261 g/mol. The first kappa shape index (κ1) is 17.4. The molecule has 18 heavy (non-hydrogen) atoms. The van der Waals surface area contributed by atoms with Gasteiger partial charge < -0.3 is 19.5 Å². The maximum absolute atomic E-state index is 11.7. The van der Waals surface area contributed by atoms with Crippen molar-refractivity contribution >= 4 is 5.97 Å². The lowest BCUT2D eigenvalue weighted by Crippen LogP contribution is -2.39. The summed E-state index contributed by atoms with van der Waals surface area (Å²) in [6.07, 6.45) is 1.62. The van der Waals surface area contributed by atoms with Crippen LogP contribution in [0.3, 0.4) is 0 Å². The average Bonchev–Trinajstić information content (AvgIpc) is 2.37. The van der Waals surface area contributed by atoms with Gasteiger partial charge in [0.05, 0.1) is 19.8 Å². The molecule has 0 rings (SSSR count). The van der Waals surface area contributed by atoms with Crippen LogP contribution in [0.2, 0.25) is 0 Å².